The Labute approximate surface area is 210 Å². The Morgan fingerprint density at radius 2 is 1.54 bits per heavy atom. The minimum atomic E-state index is -5.16. The minimum Gasteiger partial charge on any atom is -0.369 e. The molecule has 2 heterocycles. The van der Waals surface area contributed by atoms with Crippen LogP contribution in [0.4, 0.5) is 27.6 Å². The predicted molar refractivity (Wildman–Crippen MR) is 124 cm³/mol. The molecule has 0 aromatic heterocycles. The second kappa shape index (κ2) is 9.05. The summed E-state index contributed by atoms with van der Waals surface area (Å²) in [5.41, 5.74) is -4.56. The van der Waals surface area contributed by atoms with Gasteiger partial charge >= 0.3 is 6.18 Å². The molecule has 1 aliphatic carbocycles. The summed E-state index contributed by atoms with van der Waals surface area (Å²) in [5, 5.41) is 10.5. The summed E-state index contributed by atoms with van der Waals surface area (Å²) in [6.45, 7) is 2.67. The molecule has 1 unspecified atom stereocenters. The number of hydrogen-bond donors (Lipinski definition) is 1. The van der Waals surface area contributed by atoms with Gasteiger partial charge in [0.05, 0.1) is 5.56 Å². The van der Waals surface area contributed by atoms with Crippen molar-refractivity contribution in [3.05, 3.63) is 65.2 Å². The van der Waals surface area contributed by atoms with Crippen molar-refractivity contribution in [2.75, 3.05) is 44.2 Å². The second-order valence-corrected chi connectivity index (χ2v) is 10.3. The number of carbonyl (C=O) groups is 2. The number of rotatable bonds is 5. The number of carbonyl (C=O) groups excluding carboxylic acids is 2. The Morgan fingerprint density at radius 3 is 2.05 bits per heavy atom. The third kappa shape index (κ3) is 4.27. The molecule has 1 spiro atoms. The molecule has 5 rings (SSSR count). The van der Waals surface area contributed by atoms with E-state index in [1.807, 2.05) is 4.90 Å². The number of amides is 1. The number of alkyl halides is 3. The highest BCUT2D eigenvalue weighted by molar-refractivity contribution is 5.88. The normalized spacial score (nSPS) is 21.8. The number of aldehydes is 1. The number of piperazine rings is 1. The smallest absolute Gasteiger partial charge is 0.369 e. The van der Waals surface area contributed by atoms with Gasteiger partial charge in [0, 0.05) is 62.0 Å². The SMILES string of the molecule is O=Cc1c(F)cc(N2CCN(C3CC4(C3)CN(C(=O)C(O)(c3ccccc3)C(F)(F)F)C4)CC2)cc1F. The minimum absolute atomic E-state index is 0.152. The van der Waals surface area contributed by atoms with Crippen LogP contribution in [-0.4, -0.2) is 78.6 Å². The van der Waals surface area contributed by atoms with Crippen molar-refractivity contribution >= 4 is 17.9 Å². The molecular weight excluding hydrogens is 497 g/mol. The molecule has 2 aromatic rings. The van der Waals surface area contributed by atoms with Crippen LogP contribution >= 0.6 is 0 Å². The molecule has 1 N–H and O–H groups in total. The zero-order valence-corrected chi connectivity index (χ0v) is 19.8. The van der Waals surface area contributed by atoms with E-state index in [2.05, 4.69) is 4.90 Å². The van der Waals surface area contributed by atoms with Gasteiger partial charge < -0.3 is 14.9 Å². The average molecular weight is 524 g/mol. The molecule has 37 heavy (non-hydrogen) atoms. The zero-order valence-electron chi connectivity index (χ0n) is 19.8. The topological polar surface area (TPSA) is 64.1 Å². The summed E-state index contributed by atoms with van der Waals surface area (Å²) >= 11 is 0. The van der Waals surface area contributed by atoms with Crippen molar-refractivity contribution in [2.24, 2.45) is 5.41 Å². The first-order chi connectivity index (χ1) is 17.5. The van der Waals surface area contributed by atoms with Gasteiger partial charge in [0.2, 0.25) is 0 Å². The second-order valence-electron chi connectivity index (χ2n) is 10.3. The number of hydrogen-bond acceptors (Lipinski definition) is 5. The zero-order chi connectivity index (χ0) is 26.6. The van der Waals surface area contributed by atoms with E-state index < -0.39 is 40.4 Å². The van der Waals surface area contributed by atoms with Crippen molar-refractivity contribution < 1.29 is 36.6 Å². The van der Waals surface area contributed by atoms with Crippen LogP contribution in [0.2, 0.25) is 0 Å². The number of aliphatic hydroxyl groups is 1. The third-order valence-electron chi connectivity index (χ3n) is 7.97. The molecule has 2 aliphatic heterocycles. The van der Waals surface area contributed by atoms with Crippen molar-refractivity contribution in [1.82, 2.24) is 9.80 Å². The van der Waals surface area contributed by atoms with Crippen LogP contribution in [0.15, 0.2) is 42.5 Å². The van der Waals surface area contributed by atoms with Crippen LogP contribution in [0.25, 0.3) is 0 Å². The summed E-state index contributed by atoms with van der Waals surface area (Å²) < 4.78 is 69.4. The number of halogens is 5. The molecule has 1 atom stereocenters. The van der Waals surface area contributed by atoms with E-state index in [1.54, 1.807) is 0 Å². The lowest BCUT2D eigenvalue weighted by atomic mass is 9.59. The van der Waals surface area contributed by atoms with Gasteiger partial charge in [-0.2, -0.15) is 13.2 Å². The molecule has 2 saturated heterocycles. The Kier molecular flexibility index (Phi) is 6.26. The van der Waals surface area contributed by atoms with Crippen molar-refractivity contribution in [3.8, 4) is 0 Å². The Hall–Kier alpha value is -3.05. The molecule has 6 nitrogen and oxygen atoms in total. The van der Waals surface area contributed by atoms with E-state index >= 15 is 0 Å². The number of likely N-dealkylation sites (tertiary alicyclic amines) is 1. The lowest BCUT2D eigenvalue weighted by Crippen LogP contribution is -2.71. The Morgan fingerprint density at radius 1 is 0.973 bits per heavy atom. The van der Waals surface area contributed by atoms with E-state index in [0.29, 0.717) is 31.9 Å². The number of nitrogens with zero attached hydrogens (tertiary/aromatic N) is 3. The Bertz CT molecular complexity index is 1160. The molecule has 1 amide bonds. The number of benzene rings is 2. The van der Waals surface area contributed by atoms with Gasteiger partial charge in [0.15, 0.2) is 6.29 Å². The maximum atomic E-state index is 14.0. The van der Waals surface area contributed by atoms with Crippen LogP contribution in [-0.2, 0) is 10.4 Å². The molecule has 0 radical (unpaired) electrons. The monoisotopic (exact) mass is 523 g/mol. The molecule has 198 valence electrons. The average Bonchev–Trinajstić information content (AvgIpc) is 2.81. The first kappa shape index (κ1) is 25.6. The fourth-order valence-corrected chi connectivity index (χ4v) is 5.89. The van der Waals surface area contributed by atoms with Gasteiger partial charge in [-0.3, -0.25) is 14.5 Å². The molecule has 2 aromatic carbocycles. The quantitative estimate of drug-likeness (QED) is 0.481. The van der Waals surface area contributed by atoms with Gasteiger partial charge in [0.25, 0.3) is 11.5 Å². The van der Waals surface area contributed by atoms with Gasteiger partial charge in [-0.15, -0.1) is 0 Å². The lowest BCUT2D eigenvalue weighted by molar-refractivity contribution is -0.267. The van der Waals surface area contributed by atoms with E-state index in [4.69, 9.17) is 0 Å². The van der Waals surface area contributed by atoms with Crippen LogP contribution < -0.4 is 4.90 Å². The fourth-order valence-electron chi connectivity index (χ4n) is 5.89. The van der Waals surface area contributed by atoms with Gasteiger partial charge in [-0.25, -0.2) is 8.78 Å². The Balaban J connectivity index is 1.15. The maximum Gasteiger partial charge on any atom is 0.430 e. The van der Waals surface area contributed by atoms with Crippen LogP contribution in [0.3, 0.4) is 0 Å². The summed E-state index contributed by atoms with van der Waals surface area (Å²) in [4.78, 5) is 28.8. The van der Waals surface area contributed by atoms with Crippen molar-refractivity contribution in [1.29, 1.82) is 0 Å². The van der Waals surface area contributed by atoms with E-state index in [1.165, 1.54) is 18.2 Å². The van der Waals surface area contributed by atoms with Crippen molar-refractivity contribution in [3.63, 3.8) is 0 Å². The highest BCUT2D eigenvalue weighted by atomic mass is 19.4. The van der Waals surface area contributed by atoms with Crippen LogP contribution in [0.5, 0.6) is 0 Å². The molecule has 11 heteroatoms. The van der Waals surface area contributed by atoms with Crippen molar-refractivity contribution in [2.45, 2.75) is 30.7 Å². The standard InChI is InChI=1S/C26H26F5N3O3/c27-21-10-18(11-22(28)20(21)14-35)32-6-8-33(9-7-32)19-12-24(13-19)15-34(16-24)23(36)25(37,26(29,30)31)17-4-2-1-3-5-17/h1-5,10-11,14,19,37H,6-9,12-13,15-16H2. The first-order valence-electron chi connectivity index (χ1n) is 12.0. The molecule has 3 aliphatic rings. The summed E-state index contributed by atoms with van der Waals surface area (Å²) in [6.07, 6.45) is -3.55. The summed E-state index contributed by atoms with van der Waals surface area (Å²) in [7, 11) is 0. The predicted octanol–water partition coefficient (Wildman–Crippen LogP) is 3.34. The van der Waals surface area contributed by atoms with E-state index in [9.17, 15) is 36.6 Å². The maximum absolute atomic E-state index is 14.0. The van der Waals surface area contributed by atoms with Gasteiger partial charge in [-0.1, -0.05) is 30.3 Å². The molecule has 3 fully saturated rings. The largest absolute Gasteiger partial charge is 0.430 e. The highest BCUT2D eigenvalue weighted by Crippen LogP contribution is 2.52. The molecule has 0 bridgehead atoms. The first-order valence-corrected chi connectivity index (χ1v) is 12.0. The van der Waals surface area contributed by atoms with E-state index in [0.717, 1.165) is 42.0 Å². The van der Waals surface area contributed by atoms with Gasteiger partial charge in [-0.05, 0) is 25.0 Å². The van der Waals surface area contributed by atoms with Crippen LogP contribution in [0.1, 0.15) is 28.8 Å². The fraction of sp³-hybridized carbons (Fsp3) is 0.462. The van der Waals surface area contributed by atoms with Crippen LogP contribution in [0, 0.1) is 17.0 Å². The van der Waals surface area contributed by atoms with E-state index in [-0.39, 0.29) is 30.8 Å². The third-order valence-corrected chi connectivity index (χ3v) is 7.97. The van der Waals surface area contributed by atoms with Gasteiger partial charge in [0.1, 0.15) is 11.6 Å². The summed E-state index contributed by atoms with van der Waals surface area (Å²) in [5.74, 6) is -3.15. The summed E-state index contributed by atoms with van der Waals surface area (Å²) in [6, 6.07) is 8.91. The lowest BCUT2D eigenvalue weighted by Gasteiger charge is -2.62. The molecular formula is C26H26F5N3O3. The highest BCUT2D eigenvalue weighted by Gasteiger charge is 2.65. The number of anilines is 1. The molecule has 1 saturated carbocycles.